The number of fused-ring (bicyclic) bond motifs is 1. The Kier molecular flexibility index (Phi) is 3.62. The molecule has 0 spiro atoms. The van der Waals surface area contributed by atoms with E-state index in [1.54, 1.807) is 6.07 Å². The van der Waals surface area contributed by atoms with E-state index in [2.05, 4.69) is 20.9 Å². The maximum Gasteiger partial charge on any atom is 0.335 e. The Balaban J connectivity index is 1.80. The number of benzene rings is 1. The Bertz CT molecular complexity index is 781. The van der Waals surface area contributed by atoms with Gasteiger partial charge in [-0.1, -0.05) is 6.07 Å². The van der Waals surface area contributed by atoms with Crippen molar-refractivity contribution in [3.05, 3.63) is 64.5 Å². The number of halogens is 1. The fourth-order valence-electron chi connectivity index (χ4n) is 1.96. The molecule has 0 aliphatic heterocycles. The second-order valence-corrected chi connectivity index (χ2v) is 5.29. The van der Waals surface area contributed by atoms with Crippen molar-refractivity contribution in [3.8, 4) is 5.75 Å². The van der Waals surface area contributed by atoms with Crippen molar-refractivity contribution in [3.63, 3.8) is 0 Å². The van der Waals surface area contributed by atoms with Crippen molar-refractivity contribution < 1.29 is 14.6 Å². The van der Waals surface area contributed by atoms with Crippen molar-refractivity contribution in [2.24, 2.45) is 0 Å². The molecule has 0 aliphatic carbocycles. The first-order valence-corrected chi connectivity index (χ1v) is 7.01. The van der Waals surface area contributed by atoms with E-state index in [0.717, 1.165) is 11.3 Å². The number of aromatic carboxylic acids is 1. The highest BCUT2D eigenvalue weighted by Gasteiger charge is 2.09. The topological polar surface area (TPSA) is 63.8 Å². The predicted molar refractivity (Wildman–Crippen MR) is 80.6 cm³/mol. The molecule has 1 aromatic carbocycles. The van der Waals surface area contributed by atoms with E-state index < -0.39 is 5.97 Å². The molecule has 0 radical (unpaired) electrons. The molecule has 1 N–H and O–H groups in total. The van der Waals surface area contributed by atoms with Gasteiger partial charge in [-0.2, -0.15) is 0 Å². The van der Waals surface area contributed by atoms with Crippen molar-refractivity contribution in [2.45, 2.75) is 6.61 Å². The fourth-order valence-corrected chi connectivity index (χ4v) is 2.32. The smallest absolute Gasteiger partial charge is 0.335 e. The summed E-state index contributed by atoms with van der Waals surface area (Å²) >= 11 is 3.34. The van der Waals surface area contributed by atoms with Gasteiger partial charge in [0.2, 0.25) is 0 Å². The number of carboxylic acid groups (broad SMARTS) is 1. The maximum atomic E-state index is 11.0. The first-order chi connectivity index (χ1) is 10.1. The van der Waals surface area contributed by atoms with Crippen LogP contribution < -0.4 is 4.74 Å². The fraction of sp³-hybridized carbons (Fsp3) is 0.0667. The summed E-state index contributed by atoms with van der Waals surface area (Å²) in [5.74, 6) is -0.507. The van der Waals surface area contributed by atoms with Gasteiger partial charge < -0.3 is 14.2 Å². The number of hydrogen-bond acceptors (Lipinski definition) is 3. The van der Waals surface area contributed by atoms with Gasteiger partial charge in [0.25, 0.3) is 0 Å². The van der Waals surface area contributed by atoms with Crippen molar-refractivity contribution in [2.75, 3.05) is 0 Å². The molecule has 6 heteroatoms. The minimum Gasteiger partial charge on any atom is -0.486 e. The van der Waals surface area contributed by atoms with Crippen LogP contribution in [0.2, 0.25) is 0 Å². The van der Waals surface area contributed by atoms with Gasteiger partial charge in [0.15, 0.2) is 0 Å². The Morgan fingerprint density at radius 2 is 2.19 bits per heavy atom. The van der Waals surface area contributed by atoms with E-state index in [-0.39, 0.29) is 12.2 Å². The average Bonchev–Trinajstić information content (AvgIpc) is 2.89. The lowest BCUT2D eigenvalue weighted by atomic mass is 10.2. The Morgan fingerprint density at radius 1 is 1.33 bits per heavy atom. The molecule has 0 saturated heterocycles. The molecule has 3 rings (SSSR count). The lowest BCUT2D eigenvalue weighted by Crippen LogP contribution is -2.00. The van der Waals surface area contributed by atoms with Crippen LogP contribution in [0.15, 0.2) is 53.3 Å². The molecule has 106 valence electrons. The first-order valence-electron chi connectivity index (χ1n) is 6.22. The molecule has 0 amide bonds. The predicted octanol–water partition coefficient (Wildman–Crippen LogP) is 3.37. The van der Waals surface area contributed by atoms with Crippen LogP contribution in [0.3, 0.4) is 0 Å². The summed E-state index contributed by atoms with van der Waals surface area (Å²) in [7, 11) is 0. The standard InChI is InChI=1S/C15H11BrN2O3/c16-12-5-4-10(15(19)20)7-13(12)21-9-11-8-18-6-2-1-3-14(18)17-11/h1-8H,9H2,(H,19,20). The third kappa shape index (κ3) is 2.90. The number of hydrogen-bond donors (Lipinski definition) is 1. The van der Waals surface area contributed by atoms with Gasteiger partial charge in [0.05, 0.1) is 15.7 Å². The van der Waals surface area contributed by atoms with Gasteiger partial charge in [-0.3, -0.25) is 0 Å². The van der Waals surface area contributed by atoms with Gasteiger partial charge in [0.1, 0.15) is 18.0 Å². The van der Waals surface area contributed by atoms with E-state index in [1.165, 1.54) is 12.1 Å². The van der Waals surface area contributed by atoms with E-state index in [1.807, 2.05) is 35.0 Å². The molecule has 0 bridgehead atoms. The van der Waals surface area contributed by atoms with Gasteiger partial charge >= 0.3 is 5.97 Å². The van der Waals surface area contributed by atoms with Crippen molar-refractivity contribution >= 4 is 27.5 Å². The summed E-state index contributed by atoms with van der Waals surface area (Å²) in [6.07, 6.45) is 3.79. The average molecular weight is 347 g/mol. The van der Waals surface area contributed by atoms with E-state index in [9.17, 15) is 4.79 Å². The van der Waals surface area contributed by atoms with Crippen LogP contribution in [0.5, 0.6) is 5.75 Å². The molecule has 3 aromatic rings. The Morgan fingerprint density at radius 3 is 2.95 bits per heavy atom. The Labute approximate surface area is 128 Å². The normalized spacial score (nSPS) is 10.7. The number of carboxylic acids is 1. The van der Waals surface area contributed by atoms with Crippen LogP contribution in [-0.4, -0.2) is 20.5 Å². The molecular formula is C15H11BrN2O3. The number of nitrogens with zero attached hydrogens (tertiary/aromatic N) is 2. The molecule has 0 aliphatic rings. The van der Waals surface area contributed by atoms with E-state index >= 15 is 0 Å². The number of aromatic nitrogens is 2. The second kappa shape index (κ2) is 5.57. The first kappa shape index (κ1) is 13.6. The Hall–Kier alpha value is -2.34. The summed E-state index contributed by atoms with van der Waals surface area (Å²) < 4.78 is 8.27. The summed E-state index contributed by atoms with van der Waals surface area (Å²) in [5.41, 5.74) is 1.80. The van der Waals surface area contributed by atoms with Crippen LogP contribution in [0, 0.1) is 0 Å². The minimum atomic E-state index is -0.986. The van der Waals surface area contributed by atoms with Gasteiger partial charge in [0, 0.05) is 12.4 Å². The highest BCUT2D eigenvalue weighted by atomic mass is 79.9. The summed E-state index contributed by atoms with van der Waals surface area (Å²) in [6, 6.07) is 10.4. The van der Waals surface area contributed by atoms with Crippen LogP contribution in [0.25, 0.3) is 5.65 Å². The second-order valence-electron chi connectivity index (χ2n) is 4.44. The number of ether oxygens (including phenoxy) is 1. The molecule has 0 saturated carbocycles. The lowest BCUT2D eigenvalue weighted by Gasteiger charge is -2.07. The zero-order valence-corrected chi connectivity index (χ0v) is 12.4. The van der Waals surface area contributed by atoms with Gasteiger partial charge in [-0.15, -0.1) is 0 Å². The molecule has 0 atom stereocenters. The molecular weight excluding hydrogens is 336 g/mol. The molecule has 0 unspecified atom stereocenters. The van der Waals surface area contributed by atoms with Crippen molar-refractivity contribution in [1.82, 2.24) is 9.38 Å². The number of imidazole rings is 1. The maximum absolute atomic E-state index is 11.0. The number of rotatable bonds is 4. The molecule has 5 nitrogen and oxygen atoms in total. The summed E-state index contributed by atoms with van der Waals surface area (Å²) in [4.78, 5) is 15.4. The number of carbonyl (C=O) groups is 1. The minimum absolute atomic E-state index is 0.184. The molecule has 2 heterocycles. The van der Waals surface area contributed by atoms with E-state index in [0.29, 0.717) is 10.2 Å². The zero-order chi connectivity index (χ0) is 14.8. The quantitative estimate of drug-likeness (QED) is 0.786. The third-order valence-corrected chi connectivity index (χ3v) is 3.62. The highest BCUT2D eigenvalue weighted by Crippen LogP contribution is 2.27. The van der Waals surface area contributed by atoms with Gasteiger partial charge in [-0.25, -0.2) is 9.78 Å². The highest BCUT2D eigenvalue weighted by molar-refractivity contribution is 9.10. The largest absolute Gasteiger partial charge is 0.486 e. The van der Waals surface area contributed by atoms with Crippen LogP contribution in [0.4, 0.5) is 0 Å². The SMILES string of the molecule is O=C(O)c1ccc(Br)c(OCc2cn3ccccc3n2)c1. The van der Waals surface area contributed by atoms with Crippen LogP contribution >= 0.6 is 15.9 Å². The lowest BCUT2D eigenvalue weighted by molar-refractivity contribution is 0.0696. The van der Waals surface area contributed by atoms with Crippen molar-refractivity contribution in [1.29, 1.82) is 0 Å². The monoisotopic (exact) mass is 346 g/mol. The molecule has 21 heavy (non-hydrogen) atoms. The van der Waals surface area contributed by atoms with Crippen LogP contribution in [-0.2, 0) is 6.61 Å². The number of pyridine rings is 1. The molecule has 0 fully saturated rings. The molecule has 2 aromatic heterocycles. The van der Waals surface area contributed by atoms with Gasteiger partial charge in [-0.05, 0) is 46.3 Å². The van der Waals surface area contributed by atoms with E-state index in [4.69, 9.17) is 9.84 Å². The third-order valence-electron chi connectivity index (χ3n) is 2.97. The zero-order valence-electron chi connectivity index (χ0n) is 10.9. The van der Waals surface area contributed by atoms with Crippen LogP contribution in [0.1, 0.15) is 16.1 Å². The summed E-state index contributed by atoms with van der Waals surface area (Å²) in [5, 5.41) is 8.99. The summed E-state index contributed by atoms with van der Waals surface area (Å²) in [6.45, 7) is 0.267.